The summed E-state index contributed by atoms with van der Waals surface area (Å²) in [4.78, 5) is 13.9. The van der Waals surface area contributed by atoms with Crippen LogP contribution in [0.1, 0.15) is 21.6 Å². The average Bonchev–Trinajstić information content (AvgIpc) is 3.04. The molecule has 0 saturated heterocycles. The van der Waals surface area contributed by atoms with Gasteiger partial charge in [0.2, 0.25) is 0 Å². The van der Waals surface area contributed by atoms with Crippen molar-refractivity contribution in [2.24, 2.45) is 0 Å². The van der Waals surface area contributed by atoms with E-state index in [0.717, 1.165) is 13.2 Å². The summed E-state index contributed by atoms with van der Waals surface area (Å²) in [6.07, 6.45) is -4.57. The number of hydrogen-bond acceptors (Lipinski definition) is 4. The van der Waals surface area contributed by atoms with Crippen molar-refractivity contribution in [1.29, 1.82) is 5.26 Å². The van der Waals surface area contributed by atoms with E-state index in [1.165, 1.54) is 30.3 Å². The summed E-state index contributed by atoms with van der Waals surface area (Å²) in [5, 5.41) is 19.4. The first-order valence-corrected chi connectivity index (χ1v) is 7.30. The molecule has 0 radical (unpaired) electrons. The third kappa shape index (κ3) is 2.95. The number of alkyl halides is 3. The van der Waals surface area contributed by atoms with Crippen molar-refractivity contribution in [2.45, 2.75) is 6.18 Å². The van der Waals surface area contributed by atoms with Crippen molar-refractivity contribution in [1.82, 2.24) is 4.98 Å². The van der Waals surface area contributed by atoms with Gasteiger partial charge in [0.15, 0.2) is 0 Å². The molecule has 132 valence electrons. The fourth-order valence-electron chi connectivity index (χ4n) is 2.67. The second kappa shape index (κ2) is 6.11. The zero-order chi connectivity index (χ0) is 19.1. The normalized spacial score (nSPS) is 11.3. The quantitative estimate of drug-likeness (QED) is 0.670. The summed E-state index contributed by atoms with van der Waals surface area (Å²) in [5.41, 5.74) is -0.0574. The summed E-state index contributed by atoms with van der Waals surface area (Å²) < 4.78 is 43.5. The SMILES string of the molecule is COC(=O)c1ccc(-c2cc(C#N)cc3cc(C(F)(F)F)[nH]c23)cc1O. The smallest absolute Gasteiger partial charge is 0.431 e. The van der Waals surface area contributed by atoms with Gasteiger partial charge in [0.05, 0.1) is 24.3 Å². The summed E-state index contributed by atoms with van der Waals surface area (Å²) in [7, 11) is 1.16. The van der Waals surface area contributed by atoms with Gasteiger partial charge in [-0.2, -0.15) is 18.4 Å². The van der Waals surface area contributed by atoms with E-state index in [2.05, 4.69) is 9.72 Å². The molecular weight excluding hydrogens is 349 g/mol. The average molecular weight is 360 g/mol. The molecule has 0 aliphatic carbocycles. The topological polar surface area (TPSA) is 86.1 Å². The highest BCUT2D eigenvalue weighted by Crippen LogP contribution is 2.37. The minimum Gasteiger partial charge on any atom is -0.507 e. The van der Waals surface area contributed by atoms with Gasteiger partial charge in [0.25, 0.3) is 0 Å². The number of nitriles is 1. The fourth-order valence-corrected chi connectivity index (χ4v) is 2.67. The number of hydrogen-bond donors (Lipinski definition) is 2. The Labute approximate surface area is 145 Å². The predicted molar refractivity (Wildman–Crippen MR) is 86.5 cm³/mol. The van der Waals surface area contributed by atoms with Crippen LogP contribution in [-0.2, 0) is 10.9 Å². The van der Waals surface area contributed by atoms with Crippen molar-refractivity contribution >= 4 is 16.9 Å². The number of aromatic amines is 1. The second-order valence-corrected chi connectivity index (χ2v) is 5.50. The van der Waals surface area contributed by atoms with Gasteiger partial charge in [-0.1, -0.05) is 6.07 Å². The van der Waals surface area contributed by atoms with Gasteiger partial charge in [0.1, 0.15) is 17.0 Å². The van der Waals surface area contributed by atoms with Crippen LogP contribution in [0.2, 0.25) is 0 Å². The number of fused-ring (bicyclic) bond motifs is 1. The van der Waals surface area contributed by atoms with E-state index in [9.17, 15) is 23.1 Å². The van der Waals surface area contributed by atoms with Crippen LogP contribution < -0.4 is 0 Å². The Hall–Kier alpha value is -3.47. The lowest BCUT2D eigenvalue weighted by Crippen LogP contribution is -2.04. The molecule has 5 nitrogen and oxygen atoms in total. The number of aromatic nitrogens is 1. The van der Waals surface area contributed by atoms with Gasteiger partial charge >= 0.3 is 12.1 Å². The zero-order valence-corrected chi connectivity index (χ0v) is 13.3. The van der Waals surface area contributed by atoms with Gasteiger partial charge < -0.3 is 14.8 Å². The number of nitrogens with one attached hydrogen (secondary N) is 1. The number of benzene rings is 2. The number of H-pyrrole nitrogens is 1. The maximum Gasteiger partial charge on any atom is 0.431 e. The van der Waals surface area contributed by atoms with E-state index in [-0.39, 0.29) is 27.8 Å². The molecule has 0 aliphatic rings. The molecular formula is C18H11F3N2O3. The molecule has 0 aliphatic heterocycles. The lowest BCUT2D eigenvalue weighted by Gasteiger charge is -2.08. The van der Waals surface area contributed by atoms with Crippen LogP contribution in [0.4, 0.5) is 13.2 Å². The fraction of sp³-hybridized carbons (Fsp3) is 0.111. The van der Waals surface area contributed by atoms with Crippen LogP contribution in [0.15, 0.2) is 36.4 Å². The number of carbonyl (C=O) groups is 1. The van der Waals surface area contributed by atoms with Crippen LogP contribution in [0.25, 0.3) is 22.0 Å². The number of esters is 1. The number of methoxy groups -OCH3 is 1. The molecule has 0 atom stereocenters. The Morgan fingerprint density at radius 2 is 1.96 bits per heavy atom. The maximum atomic E-state index is 13.0. The van der Waals surface area contributed by atoms with Crippen molar-refractivity contribution in [3.63, 3.8) is 0 Å². The van der Waals surface area contributed by atoms with Crippen LogP contribution in [0, 0.1) is 11.3 Å². The molecule has 2 N–H and O–H groups in total. The number of ether oxygens (including phenoxy) is 1. The zero-order valence-electron chi connectivity index (χ0n) is 13.3. The number of rotatable bonds is 2. The van der Waals surface area contributed by atoms with Crippen LogP contribution in [0.3, 0.4) is 0 Å². The highest BCUT2D eigenvalue weighted by molar-refractivity contribution is 5.98. The molecule has 0 spiro atoms. The highest BCUT2D eigenvalue weighted by atomic mass is 19.4. The van der Waals surface area contributed by atoms with Crippen molar-refractivity contribution in [3.05, 3.63) is 53.2 Å². The van der Waals surface area contributed by atoms with Gasteiger partial charge in [-0.3, -0.25) is 0 Å². The van der Waals surface area contributed by atoms with Gasteiger partial charge in [0, 0.05) is 10.9 Å². The van der Waals surface area contributed by atoms with E-state index in [1.807, 2.05) is 6.07 Å². The molecule has 0 saturated carbocycles. The third-order valence-electron chi connectivity index (χ3n) is 3.88. The Bertz CT molecular complexity index is 1060. The minimum atomic E-state index is -4.57. The first-order valence-electron chi connectivity index (χ1n) is 7.30. The van der Waals surface area contributed by atoms with E-state index in [0.29, 0.717) is 11.1 Å². The molecule has 0 unspecified atom stereocenters. The number of halogens is 3. The highest BCUT2D eigenvalue weighted by Gasteiger charge is 2.33. The second-order valence-electron chi connectivity index (χ2n) is 5.50. The molecule has 26 heavy (non-hydrogen) atoms. The summed E-state index contributed by atoms with van der Waals surface area (Å²) in [5.74, 6) is -1.13. The maximum absolute atomic E-state index is 13.0. The van der Waals surface area contributed by atoms with Gasteiger partial charge in [-0.05, 0) is 35.9 Å². The van der Waals surface area contributed by atoms with E-state index in [1.54, 1.807) is 0 Å². The molecule has 1 heterocycles. The number of phenols is 1. The Kier molecular flexibility index (Phi) is 4.08. The van der Waals surface area contributed by atoms with Crippen LogP contribution in [0.5, 0.6) is 5.75 Å². The number of aromatic hydroxyl groups is 1. The molecule has 0 bridgehead atoms. The molecule has 0 amide bonds. The molecule has 3 rings (SSSR count). The Morgan fingerprint density at radius 3 is 2.54 bits per heavy atom. The first-order chi connectivity index (χ1) is 12.2. The summed E-state index contributed by atoms with van der Waals surface area (Å²) in [6, 6.07) is 9.55. The van der Waals surface area contributed by atoms with Crippen molar-refractivity contribution < 1.29 is 27.8 Å². The van der Waals surface area contributed by atoms with Crippen molar-refractivity contribution in [3.8, 4) is 22.9 Å². The molecule has 8 heteroatoms. The number of phenolic OH excluding ortho intramolecular Hbond substituents is 1. The molecule has 3 aromatic rings. The van der Waals surface area contributed by atoms with Crippen LogP contribution >= 0.6 is 0 Å². The molecule has 0 fully saturated rings. The predicted octanol–water partition coefficient (Wildman–Crippen LogP) is 4.22. The summed E-state index contributed by atoms with van der Waals surface area (Å²) >= 11 is 0. The lowest BCUT2D eigenvalue weighted by molar-refractivity contribution is -0.140. The Balaban J connectivity index is 2.24. The number of nitrogens with zero attached hydrogens (tertiary/aromatic N) is 1. The minimum absolute atomic E-state index is 0.0774. The van der Waals surface area contributed by atoms with E-state index in [4.69, 9.17) is 5.26 Å². The summed E-state index contributed by atoms with van der Waals surface area (Å²) in [6.45, 7) is 0. The Morgan fingerprint density at radius 1 is 1.23 bits per heavy atom. The lowest BCUT2D eigenvalue weighted by atomic mass is 9.99. The van der Waals surface area contributed by atoms with Gasteiger partial charge in [-0.25, -0.2) is 4.79 Å². The third-order valence-corrected chi connectivity index (χ3v) is 3.88. The van der Waals surface area contributed by atoms with E-state index < -0.39 is 17.8 Å². The largest absolute Gasteiger partial charge is 0.507 e. The van der Waals surface area contributed by atoms with Crippen molar-refractivity contribution in [2.75, 3.05) is 7.11 Å². The van der Waals surface area contributed by atoms with E-state index >= 15 is 0 Å². The monoisotopic (exact) mass is 360 g/mol. The number of carbonyl (C=O) groups excluding carboxylic acids is 1. The van der Waals surface area contributed by atoms with Crippen LogP contribution in [-0.4, -0.2) is 23.2 Å². The first kappa shape index (κ1) is 17.4. The molecule has 2 aromatic carbocycles. The molecule has 1 aromatic heterocycles. The standard InChI is InChI=1S/C18H11F3N2O3/c1-26-17(25)12-3-2-10(6-14(12)24)13-5-9(8-22)4-11-7-15(18(19,20)21)23-16(11)13/h2-7,23-24H,1H3. The van der Waals surface area contributed by atoms with Gasteiger partial charge in [-0.15, -0.1) is 0 Å².